The lowest BCUT2D eigenvalue weighted by Gasteiger charge is -2.14. The molecule has 2 rings (SSSR count). The number of anilines is 1. The number of rotatable bonds is 5. The van der Waals surface area contributed by atoms with E-state index < -0.39 is 0 Å². The van der Waals surface area contributed by atoms with Crippen LogP contribution in [0.5, 0.6) is 11.6 Å². The Balaban J connectivity index is 2.42. The largest absolute Gasteiger partial charge is 0.438 e. The maximum absolute atomic E-state index is 9.00. The van der Waals surface area contributed by atoms with Crippen LogP contribution in [-0.2, 0) is 6.42 Å². The molecule has 0 atom stereocenters. The molecule has 0 aliphatic rings. The topological polar surface area (TPSA) is 70.8 Å². The van der Waals surface area contributed by atoms with Gasteiger partial charge in [0.05, 0.1) is 17.2 Å². The minimum atomic E-state index is 0.536. The maximum atomic E-state index is 9.00. The van der Waals surface area contributed by atoms with Crippen molar-refractivity contribution in [2.75, 3.05) is 12.4 Å². The van der Waals surface area contributed by atoms with E-state index in [1.165, 1.54) is 6.33 Å². The van der Waals surface area contributed by atoms with Gasteiger partial charge in [-0.05, 0) is 31.0 Å². The number of aryl methyl sites for hydroxylation is 1. The second kappa shape index (κ2) is 6.71. The molecule has 1 heterocycles. The highest BCUT2D eigenvalue weighted by Crippen LogP contribution is 2.30. The number of benzene rings is 1. The van der Waals surface area contributed by atoms with Gasteiger partial charge in [0.25, 0.3) is 0 Å². The fourth-order valence-corrected chi connectivity index (χ4v) is 2.06. The predicted molar refractivity (Wildman–Crippen MR) is 81.5 cm³/mol. The minimum absolute atomic E-state index is 0.536. The van der Waals surface area contributed by atoms with Crippen LogP contribution in [0, 0.1) is 18.3 Å². The average molecular weight is 282 g/mol. The molecule has 5 heteroatoms. The third kappa shape index (κ3) is 3.29. The third-order valence-corrected chi connectivity index (χ3v) is 3.17. The summed E-state index contributed by atoms with van der Waals surface area (Å²) in [7, 11) is 1.83. The summed E-state index contributed by atoms with van der Waals surface area (Å²) < 4.78 is 5.94. The number of nitrogens with one attached hydrogen (secondary N) is 1. The van der Waals surface area contributed by atoms with Crippen LogP contribution >= 0.6 is 0 Å². The Labute approximate surface area is 124 Å². The number of hydrogen-bond donors (Lipinski definition) is 1. The first-order chi connectivity index (χ1) is 10.2. The van der Waals surface area contributed by atoms with Gasteiger partial charge in [-0.3, -0.25) is 0 Å². The van der Waals surface area contributed by atoms with Crippen molar-refractivity contribution in [2.24, 2.45) is 0 Å². The van der Waals surface area contributed by atoms with Crippen molar-refractivity contribution < 1.29 is 4.74 Å². The monoisotopic (exact) mass is 282 g/mol. The zero-order valence-electron chi connectivity index (χ0n) is 12.5. The van der Waals surface area contributed by atoms with Gasteiger partial charge in [0.1, 0.15) is 17.9 Å². The van der Waals surface area contributed by atoms with Crippen LogP contribution in [0.3, 0.4) is 0 Å². The van der Waals surface area contributed by atoms with Gasteiger partial charge in [-0.15, -0.1) is 0 Å². The highest BCUT2D eigenvalue weighted by molar-refractivity contribution is 5.51. The fraction of sp³-hybridized carbons (Fsp3) is 0.312. The third-order valence-electron chi connectivity index (χ3n) is 3.17. The lowest BCUT2D eigenvalue weighted by molar-refractivity contribution is 0.451. The molecule has 1 aromatic carbocycles. The molecule has 5 nitrogen and oxygen atoms in total. The molecule has 0 spiro atoms. The summed E-state index contributed by atoms with van der Waals surface area (Å²) >= 11 is 0. The second-order valence-corrected chi connectivity index (χ2v) is 4.70. The van der Waals surface area contributed by atoms with E-state index in [1.807, 2.05) is 20.0 Å². The molecule has 0 amide bonds. The predicted octanol–water partition coefficient (Wildman–Crippen LogP) is 3.44. The molecular weight excluding hydrogens is 264 g/mol. The highest BCUT2D eigenvalue weighted by atomic mass is 16.5. The van der Waals surface area contributed by atoms with E-state index in [0.717, 1.165) is 29.8 Å². The van der Waals surface area contributed by atoms with Crippen molar-refractivity contribution >= 4 is 5.82 Å². The molecule has 0 saturated heterocycles. The van der Waals surface area contributed by atoms with Gasteiger partial charge in [0.2, 0.25) is 5.88 Å². The number of nitrogens with zero attached hydrogens (tertiary/aromatic N) is 3. The molecular formula is C16H18N4O. The number of aromatic nitrogens is 2. The van der Waals surface area contributed by atoms with Crippen molar-refractivity contribution in [1.29, 1.82) is 5.26 Å². The van der Waals surface area contributed by atoms with Gasteiger partial charge >= 0.3 is 0 Å². The molecule has 0 unspecified atom stereocenters. The molecule has 1 aromatic heterocycles. The molecule has 0 radical (unpaired) electrons. The van der Waals surface area contributed by atoms with Crippen LogP contribution < -0.4 is 10.1 Å². The summed E-state index contributed by atoms with van der Waals surface area (Å²) in [5, 5.41) is 12.1. The molecule has 1 N–H and O–H groups in total. The van der Waals surface area contributed by atoms with Gasteiger partial charge in [0, 0.05) is 7.05 Å². The Morgan fingerprint density at radius 1 is 1.33 bits per heavy atom. The molecule has 0 aliphatic heterocycles. The second-order valence-electron chi connectivity index (χ2n) is 4.70. The van der Waals surface area contributed by atoms with E-state index in [2.05, 4.69) is 28.3 Å². The van der Waals surface area contributed by atoms with Gasteiger partial charge in [-0.25, -0.2) is 9.97 Å². The Kier molecular flexibility index (Phi) is 4.72. The molecule has 0 saturated carbocycles. The molecule has 0 aliphatic carbocycles. The summed E-state index contributed by atoms with van der Waals surface area (Å²) in [5.74, 6) is 1.96. The van der Waals surface area contributed by atoms with Gasteiger partial charge < -0.3 is 10.1 Å². The summed E-state index contributed by atoms with van der Waals surface area (Å²) in [5.41, 5.74) is 2.47. The van der Waals surface area contributed by atoms with Gasteiger partial charge in [-0.1, -0.05) is 19.4 Å². The number of ether oxygens (including phenoxy) is 1. The van der Waals surface area contributed by atoms with Crippen LogP contribution in [-0.4, -0.2) is 17.0 Å². The van der Waals surface area contributed by atoms with Crippen LogP contribution in [0.25, 0.3) is 0 Å². The Bertz CT molecular complexity index is 676. The van der Waals surface area contributed by atoms with Crippen molar-refractivity contribution in [2.45, 2.75) is 26.7 Å². The summed E-state index contributed by atoms with van der Waals surface area (Å²) in [6, 6.07) is 7.49. The van der Waals surface area contributed by atoms with Crippen molar-refractivity contribution in [3.63, 3.8) is 0 Å². The number of hydrogen-bond acceptors (Lipinski definition) is 5. The summed E-state index contributed by atoms with van der Waals surface area (Å²) in [4.78, 5) is 8.46. The van der Waals surface area contributed by atoms with E-state index in [-0.39, 0.29) is 0 Å². The van der Waals surface area contributed by atoms with Crippen molar-refractivity contribution in [1.82, 2.24) is 9.97 Å². The lowest BCUT2D eigenvalue weighted by atomic mass is 10.1. The summed E-state index contributed by atoms with van der Waals surface area (Å²) in [6.07, 6.45) is 3.27. The Morgan fingerprint density at radius 3 is 2.81 bits per heavy atom. The van der Waals surface area contributed by atoms with E-state index in [9.17, 15) is 0 Å². The Hall–Kier alpha value is -2.61. The van der Waals surface area contributed by atoms with Crippen LogP contribution in [0.1, 0.15) is 30.0 Å². The SMILES string of the molecule is CCCc1c(NC)ncnc1Oc1cc(C#N)ccc1C. The van der Waals surface area contributed by atoms with E-state index in [4.69, 9.17) is 10.00 Å². The fourth-order valence-electron chi connectivity index (χ4n) is 2.06. The zero-order valence-corrected chi connectivity index (χ0v) is 12.5. The molecule has 21 heavy (non-hydrogen) atoms. The van der Waals surface area contributed by atoms with Crippen molar-refractivity contribution in [3.8, 4) is 17.7 Å². The standard InChI is InChI=1S/C16H18N4O/c1-4-5-13-15(18-3)19-10-20-16(13)21-14-8-12(9-17)7-6-11(14)2/h6-8,10H,4-5H2,1-3H3,(H,18,19,20). The van der Waals surface area contributed by atoms with Gasteiger partial charge in [0.15, 0.2) is 0 Å². The lowest BCUT2D eigenvalue weighted by Crippen LogP contribution is -2.03. The quantitative estimate of drug-likeness (QED) is 0.909. The van der Waals surface area contributed by atoms with E-state index >= 15 is 0 Å². The molecule has 2 aromatic rings. The summed E-state index contributed by atoms with van der Waals surface area (Å²) in [6.45, 7) is 4.04. The smallest absolute Gasteiger partial charge is 0.227 e. The maximum Gasteiger partial charge on any atom is 0.227 e. The first-order valence-corrected chi connectivity index (χ1v) is 6.89. The van der Waals surface area contributed by atoms with Crippen LogP contribution in [0.15, 0.2) is 24.5 Å². The zero-order chi connectivity index (χ0) is 15.2. The molecule has 0 fully saturated rings. The normalized spacial score (nSPS) is 10.0. The molecule has 108 valence electrons. The number of nitriles is 1. The van der Waals surface area contributed by atoms with Crippen molar-refractivity contribution in [3.05, 3.63) is 41.2 Å². The first-order valence-electron chi connectivity index (χ1n) is 6.89. The Morgan fingerprint density at radius 2 is 2.14 bits per heavy atom. The highest BCUT2D eigenvalue weighted by Gasteiger charge is 2.13. The van der Waals surface area contributed by atoms with Crippen LogP contribution in [0.4, 0.5) is 5.82 Å². The van der Waals surface area contributed by atoms with Gasteiger partial charge in [-0.2, -0.15) is 5.26 Å². The molecule has 0 bridgehead atoms. The first kappa shape index (κ1) is 14.8. The minimum Gasteiger partial charge on any atom is -0.438 e. The van der Waals surface area contributed by atoms with E-state index in [1.54, 1.807) is 12.1 Å². The van der Waals surface area contributed by atoms with E-state index in [0.29, 0.717) is 17.2 Å². The van der Waals surface area contributed by atoms with Crippen LogP contribution in [0.2, 0.25) is 0 Å². The average Bonchev–Trinajstić information content (AvgIpc) is 2.51.